The van der Waals surface area contributed by atoms with Crippen molar-refractivity contribution in [2.24, 2.45) is 5.92 Å². The van der Waals surface area contributed by atoms with Crippen molar-refractivity contribution in [3.8, 4) is 11.5 Å². The minimum Gasteiger partial charge on any atom is -0.497 e. The molecular formula is C19H19NO4. The zero-order valence-electron chi connectivity index (χ0n) is 13.7. The van der Waals surface area contributed by atoms with Gasteiger partial charge in [-0.15, -0.1) is 0 Å². The highest BCUT2D eigenvalue weighted by atomic mass is 16.5. The summed E-state index contributed by atoms with van der Waals surface area (Å²) in [6.07, 6.45) is 0.170. The standard InChI is InChI=1S/C19H19NO4/c1-13-3-5-15(6-4-13)20-12-14(11-18(20)21)19(22)24-17-9-7-16(23-2)8-10-17/h3-10,14H,11-12H2,1-2H3/t14-/m1/s1. The Morgan fingerprint density at radius 3 is 2.29 bits per heavy atom. The fourth-order valence-electron chi connectivity index (χ4n) is 2.68. The molecule has 5 heteroatoms. The molecule has 24 heavy (non-hydrogen) atoms. The monoisotopic (exact) mass is 325 g/mol. The number of aryl methyl sites for hydroxylation is 1. The zero-order valence-corrected chi connectivity index (χ0v) is 13.7. The third kappa shape index (κ3) is 3.40. The minimum atomic E-state index is -0.457. The summed E-state index contributed by atoms with van der Waals surface area (Å²) < 4.78 is 10.4. The Morgan fingerprint density at radius 1 is 1.04 bits per heavy atom. The van der Waals surface area contributed by atoms with E-state index in [1.165, 1.54) is 0 Å². The second-order valence-electron chi connectivity index (χ2n) is 5.84. The van der Waals surface area contributed by atoms with Crippen molar-refractivity contribution < 1.29 is 19.1 Å². The van der Waals surface area contributed by atoms with Crippen LogP contribution in [0.4, 0.5) is 5.69 Å². The van der Waals surface area contributed by atoms with Crippen LogP contribution in [0.25, 0.3) is 0 Å². The van der Waals surface area contributed by atoms with Crippen molar-refractivity contribution in [2.75, 3.05) is 18.6 Å². The Hall–Kier alpha value is -2.82. The number of amides is 1. The molecule has 0 saturated carbocycles. The molecule has 0 spiro atoms. The molecule has 5 nitrogen and oxygen atoms in total. The van der Waals surface area contributed by atoms with Gasteiger partial charge in [0, 0.05) is 18.7 Å². The van der Waals surface area contributed by atoms with E-state index in [-0.39, 0.29) is 18.3 Å². The Morgan fingerprint density at radius 2 is 1.67 bits per heavy atom. The largest absolute Gasteiger partial charge is 0.497 e. The first-order valence-corrected chi connectivity index (χ1v) is 7.79. The Labute approximate surface area is 140 Å². The topological polar surface area (TPSA) is 55.8 Å². The van der Waals surface area contributed by atoms with Crippen LogP contribution < -0.4 is 14.4 Å². The third-order valence-corrected chi connectivity index (χ3v) is 4.08. The predicted octanol–water partition coefficient (Wildman–Crippen LogP) is 2.96. The molecule has 2 aromatic rings. The van der Waals surface area contributed by atoms with Crippen LogP contribution in [0.5, 0.6) is 11.5 Å². The van der Waals surface area contributed by atoms with Gasteiger partial charge in [0.15, 0.2) is 0 Å². The van der Waals surface area contributed by atoms with Gasteiger partial charge in [0.25, 0.3) is 0 Å². The number of hydrogen-bond donors (Lipinski definition) is 0. The molecule has 1 fully saturated rings. The minimum absolute atomic E-state index is 0.0597. The Bertz CT molecular complexity index is 737. The number of benzene rings is 2. The molecular weight excluding hydrogens is 306 g/mol. The molecule has 0 N–H and O–H groups in total. The number of methoxy groups -OCH3 is 1. The molecule has 1 atom stereocenters. The average molecular weight is 325 g/mol. The number of rotatable bonds is 4. The molecule has 0 aromatic heterocycles. The van der Waals surface area contributed by atoms with E-state index >= 15 is 0 Å². The van der Waals surface area contributed by atoms with E-state index in [2.05, 4.69) is 0 Å². The van der Waals surface area contributed by atoms with E-state index in [0.29, 0.717) is 18.0 Å². The highest BCUT2D eigenvalue weighted by Gasteiger charge is 2.36. The van der Waals surface area contributed by atoms with E-state index in [9.17, 15) is 9.59 Å². The van der Waals surface area contributed by atoms with E-state index in [0.717, 1.165) is 11.3 Å². The van der Waals surface area contributed by atoms with E-state index in [1.807, 2.05) is 31.2 Å². The normalized spacial score (nSPS) is 17.0. The predicted molar refractivity (Wildman–Crippen MR) is 90.3 cm³/mol. The molecule has 1 amide bonds. The van der Waals surface area contributed by atoms with Crippen molar-refractivity contribution in [1.29, 1.82) is 0 Å². The molecule has 124 valence electrons. The summed E-state index contributed by atoms with van der Waals surface area (Å²) in [4.78, 5) is 26.2. The SMILES string of the molecule is COc1ccc(OC(=O)[C@@H]2CC(=O)N(c3ccc(C)cc3)C2)cc1. The third-order valence-electron chi connectivity index (χ3n) is 4.08. The number of hydrogen-bond acceptors (Lipinski definition) is 4. The number of carbonyl (C=O) groups excluding carboxylic acids is 2. The zero-order chi connectivity index (χ0) is 17.1. The molecule has 1 saturated heterocycles. The van der Waals surface area contributed by atoms with Gasteiger partial charge in [0.1, 0.15) is 11.5 Å². The van der Waals surface area contributed by atoms with Gasteiger partial charge in [-0.2, -0.15) is 0 Å². The van der Waals surface area contributed by atoms with E-state index in [1.54, 1.807) is 36.3 Å². The van der Waals surface area contributed by atoms with Crippen LogP contribution in [0, 0.1) is 12.8 Å². The first-order valence-electron chi connectivity index (χ1n) is 7.79. The number of esters is 1. The van der Waals surface area contributed by atoms with Gasteiger partial charge in [-0.05, 0) is 43.3 Å². The number of carbonyl (C=O) groups is 2. The number of ether oxygens (including phenoxy) is 2. The quantitative estimate of drug-likeness (QED) is 0.640. The Kier molecular flexibility index (Phi) is 4.51. The first-order chi connectivity index (χ1) is 11.6. The highest BCUT2D eigenvalue weighted by Crippen LogP contribution is 2.27. The van der Waals surface area contributed by atoms with Gasteiger partial charge in [0.05, 0.1) is 13.0 Å². The first kappa shape index (κ1) is 16.1. The van der Waals surface area contributed by atoms with Crippen LogP contribution in [0.15, 0.2) is 48.5 Å². The smallest absolute Gasteiger partial charge is 0.316 e. The molecule has 0 bridgehead atoms. The summed E-state index contributed by atoms with van der Waals surface area (Å²) in [5.74, 6) is 0.234. The molecule has 2 aromatic carbocycles. The summed E-state index contributed by atoms with van der Waals surface area (Å²) in [6, 6.07) is 14.5. The highest BCUT2D eigenvalue weighted by molar-refractivity contribution is 5.99. The van der Waals surface area contributed by atoms with Crippen LogP contribution in [0.1, 0.15) is 12.0 Å². The number of anilines is 1. The summed E-state index contributed by atoms with van der Waals surface area (Å²) >= 11 is 0. The molecule has 1 aliphatic rings. The van der Waals surface area contributed by atoms with Gasteiger partial charge >= 0.3 is 5.97 Å². The summed E-state index contributed by atoms with van der Waals surface area (Å²) in [6.45, 7) is 2.33. The van der Waals surface area contributed by atoms with Gasteiger partial charge in [-0.1, -0.05) is 17.7 Å². The van der Waals surface area contributed by atoms with Crippen molar-refractivity contribution >= 4 is 17.6 Å². The van der Waals surface area contributed by atoms with E-state index < -0.39 is 5.92 Å². The number of nitrogens with zero attached hydrogens (tertiary/aromatic N) is 1. The summed E-state index contributed by atoms with van der Waals surface area (Å²) in [5.41, 5.74) is 1.94. The van der Waals surface area contributed by atoms with Gasteiger partial charge in [0.2, 0.25) is 5.91 Å². The van der Waals surface area contributed by atoms with Crippen molar-refractivity contribution in [3.63, 3.8) is 0 Å². The maximum atomic E-state index is 12.3. The summed E-state index contributed by atoms with van der Waals surface area (Å²) in [5, 5.41) is 0. The lowest BCUT2D eigenvalue weighted by Gasteiger charge is -2.16. The lowest BCUT2D eigenvalue weighted by atomic mass is 10.1. The van der Waals surface area contributed by atoms with Crippen molar-refractivity contribution in [1.82, 2.24) is 0 Å². The maximum absolute atomic E-state index is 12.3. The second-order valence-corrected chi connectivity index (χ2v) is 5.84. The Balaban J connectivity index is 1.66. The van der Waals surface area contributed by atoms with Crippen LogP contribution in [-0.4, -0.2) is 25.5 Å². The molecule has 0 aliphatic carbocycles. The second kappa shape index (κ2) is 6.74. The van der Waals surface area contributed by atoms with Crippen LogP contribution in [0.3, 0.4) is 0 Å². The molecule has 1 aliphatic heterocycles. The van der Waals surface area contributed by atoms with Gasteiger partial charge in [-0.25, -0.2) is 0 Å². The van der Waals surface area contributed by atoms with E-state index in [4.69, 9.17) is 9.47 Å². The van der Waals surface area contributed by atoms with Crippen molar-refractivity contribution in [2.45, 2.75) is 13.3 Å². The molecule has 0 radical (unpaired) electrons. The van der Waals surface area contributed by atoms with Gasteiger partial charge < -0.3 is 14.4 Å². The van der Waals surface area contributed by atoms with Gasteiger partial charge in [-0.3, -0.25) is 9.59 Å². The maximum Gasteiger partial charge on any atom is 0.316 e. The van der Waals surface area contributed by atoms with Crippen LogP contribution in [-0.2, 0) is 9.59 Å². The average Bonchev–Trinajstić information content (AvgIpc) is 2.98. The lowest BCUT2D eigenvalue weighted by molar-refractivity contribution is -0.139. The molecule has 0 unspecified atom stereocenters. The van der Waals surface area contributed by atoms with Crippen LogP contribution in [0.2, 0.25) is 0 Å². The fraction of sp³-hybridized carbons (Fsp3) is 0.263. The lowest BCUT2D eigenvalue weighted by Crippen LogP contribution is -2.27. The molecule has 1 heterocycles. The molecule has 3 rings (SSSR count). The van der Waals surface area contributed by atoms with Crippen molar-refractivity contribution in [3.05, 3.63) is 54.1 Å². The fourth-order valence-corrected chi connectivity index (χ4v) is 2.68. The summed E-state index contributed by atoms with van der Waals surface area (Å²) in [7, 11) is 1.57. The van der Waals surface area contributed by atoms with Crippen LogP contribution >= 0.6 is 0 Å².